The second-order valence-corrected chi connectivity index (χ2v) is 6.42. The Kier molecular flexibility index (Phi) is 7.11. The topological polar surface area (TPSA) is 40.8 Å². The number of anilines is 1. The van der Waals surface area contributed by atoms with Crippen LogP contribution in [0, 0.1) is 17.1 Å². The molecule has 0 saturated carbocycles. The number of rotatable bonds is 5. The Morgan fingerprint density at radius 2 is 1.81 bits per heavy atom. The largest absolute Gasteiger partial charge is 0.340 e. The van der Waals surface area contributed by atoms with Crippen molar-refractivity contribution >= 4 is 28.5 Å². The summed E-state index contributed by atoms with van der Waals surface area (Å²) in [6.45, 7) is 8.83. The van der Waals surface area contributed by atoms with Crippen LogP contribution in [-0.4, -0.2) is 10.3 Å². The van der Waals surface area contributed by atoms with Gasteiger partial charge in [0, 0.05) is 23.4 Å². The van der Waals surface area contributed by atoms with Gasteiger partial charge in [-0.3, -0.25) is 0 Å². The van der Waals surface area contributed by atoms with Crippen LogP contribution in [-0.2, 0) is 6.54 Å². The number of hydrogen-bond donors (Lipinski definition) is 1. The van der Waals surface area contributed by atoms with Crippen molar-refractivity contribution in [1.82, 2.24) is 4.57 Å². The van der Waals surface area contributed by atoms with Gasteiger partial charge in [0.15, 0.2) is 0 Å². The van der Waals surface area contributed by atoms with E-state index in [0.29, 0.717) is 17.5 Å². The Hall–Kier alpha value is -2.45. The summed E-state index contributed by atoms with van der Waals surface area (Å²) in [5.74, 6) is 0.658. The molecule has 3 nitrogen and oxygen atoms in total. The summed E-state index contributed by atoms with van der Waals surface area (Å²) in [7, 11) is 0. The minimum Gasteiger partial charge on any atom is -0.340 e. The van der Waals surface area contributed by atoms with Crippen molar-refractivity contribution in [1.29, 1.82) is 5.26 Å². The molecular weight excluding hydrogens is 345 g/mol. The number of aromatic nitrogens is 1. The van der Waals surface area contributed by atoms with Crippen LogP contribution >= 0.6 is 11.9 Å². The third kappa shape index (κ3) is 3.86. The Labute approximate surface area is 159 Å². The van der Waals surface area contributed by atoms with Gasteiger partial charge in [0.25, 0.3) is 0 Å². The van der Waals surface area contributed by atoms with Crippen LogP contribution in [0.4, 0.5) is 10.1 Å². The molecule has 1 N–H and O–H groups in total. The predicted octanol–water partition coefficient (Wildman–Crippen LogP) is 6.45. The molecule has 5 heteroatoms. The van der Waals surface area contributed by atoms with E-state index in [4.69, 9.17) is 0 Å². The van der Waals surface area contributed by atoms with Crippen molar-refractivity contribution in [3.8, 4) is 17.3 Å². The van der Waals surface area contributed by atoms with Gasteiger partial charge in [0.1, 0.15) is 11.9 Å². The lowest BCUT2D eigenvalue weighted by atomic mass is 10.1. The van der Waals surface area contributed by atoms with Gasteiger partial charge in [-0.15, -0.1) is 0 Å². The fraction of sp³-hybridized carbons (Fsp3) is 0.286. The number of fused-ring (bicyclic) bond motifs is 1. The van der Waals surface area contributed by atoms with E-state index in [-0.39, 0.29) is 5.82 Å². The lowest BCUT2D eigenvalue weighted by Crippen LogP contribution is -1.97. The third-order valence-electron chi connectivity index (χ3n) is 3.95. The average Bonchev–Trinajstić information content (AvgIpc) is 3.00. The molecular formula is C21H24FN3S. The highest BCUT2D eigenvalue weighted by Gasteiger charge is 2.18. The molecule has 2 aromatic carbocycles. The lowest BCUT2D eigenvalue weighted by Gasteiger charge is -2.10. The first-order valence-corrected chi connectivity index (χ1v) is 9.88. The average molecular weight is 370 g/mol. The quantitative estimate of drug-likeness (QED) is 0.526. The summed E-state index contributed by atoms with van der Waals surface area (Å²) in [5.41, 5.74) is 4.23. The second kappa shape index (κ2) is 9.30. The molecule has 0 unspecified atom stereocenters. The molecule has 3 aromatic rings. The maximum atomic E-state index is 13.6. The Morgan fingerprint density at radius 1 is 1.12 bits per heavy atom. The van der Waals surface area contributed by atoms with E-state index in [1.807, 2.05) is 45.0 Å². The van der Waals surface area contributed by atoms with E-state index in [2.05, 4.69) is 22.3 Å². The highest BCUT2D eigenvalue weighted by molar-refractivity contribution is 8.00. The molecule has 0 spiro atoms. The maximum absolute atomic E-state index is 13.6. The summed E-state index contributed by atoms with van der Waals surface area (Å²) >= 11 is 1.63. The predicted molar refractivity (Wildman–Crippen MR) is 111 cm³/mol. The molecule has 1 heterocycles. The van der Waals surface area contributed by atoms with E-state index in [0.717, 1.165) is 28.2 Å². The molecule has 0 aliphatic heterocycles. The monoisotopic (exact) mass is 369 g/mol. The number of hydrogen-bond acceptors (Lipinski definition) is 3. The molecule has 0 atom stereocenters. The van der Waals surface area contributed by atoms with E-state index < -0.39 is 0 Å². The summed E-state index contributed by atoms with van der Waals surface area (Å²) in [4.78, 5) is 0. The first kappa shape index (κ1) is 19.9. The van der Waals surface area contributed by atoms with Crippen LogP contribution in [0.1, 0.15) is 33.3 Å². The minimum atomic E-state index is -0.324. The molecule has 1 aromatic heterocycles. The number of aryl methyl sites for hydroxylation is 1. The van der Waals surface area contributed by atoms with Crippen LogP contribution in [0.15, 0.2) is 42.5 Å². The standard InChI is InChI=1S/C19H18FN3S.C2H6/c1-3-23-18-10-7-14(20)11-16(18)17(12-21)19(23)13-5-8-15(9-6-13)22-24-4-2;1-2/h5-11,22H,3-4H2,1-2H3;1-2H3. The highest BCUT2D eigenvalue weighted by atomic mass is 32.2. The number of benzene rings is 2. The van der Waals surface area contributed by atoms with E-state index in [1.165, 1.54) is 12.1 Å². The van der Waals surface area contributed by atoms with Crippen molar-refractivity contribution in [3.05, 3.63) is 53.8 Å². The third-order valence-corrected chi connectivity index (χ3v) is 4.61. The zero-order chi connectivity index (χ0) is 19.1. The van der Waals surface area contributed by atoms with Gasteiger partial charge in [-0.2, -0.15) is 5.26 Å². The van der Waals surface area contributed by atoms with Gasteiger partial charge in [-0.1, -0.05) is 44.9 Å². The minimum absolute atomic E-state index is 0.324. The van der Waals surface area contributed by atoms with Crippen LogP contribution in [0.25, 0.3) is 22.2 Å². The molecule has 0 aliphatic rings. The van der Waals surface area contributed by atoms with Crippen LogP contribution < -0.4 is 4.72 Å². The molecule has 0 fully saturated rings. The van der Waals surface area contributed by atoms with Gasteiger partial charge >= 0.3 is 0 Å². The number of nitrogens with zero attached hydrogens (tertiary/aromatic N) is 2. The van der Waals surface area contributed by atoms with Crippen LogP contribution in [0.3, 0.4) is 0 Å². The van der Waals surface area contributed by atoms with E-state index in [9.17, 15) is 9.65 Å². The molecule has 136 valence electrons. The normalized spacial score (nSPS) is 10.2. The molecule has 26 heavy (non-hydrogen) atoms. The molecule has 3 rings (SSSR count). The van der Waals surface area contributed by atoms with Crippen molar-refractivity contribution in [3.63, 3.8) is 0 Å². The van der Waals surface area contributed by atoms with Gasteiger partial charge < -0.3 is 9.29 Å². The van der Waals surface area contributed by atoms with Crippen molar-refractivity contribution in [2.24, 2.45) is 0 Å². The number of halogens is 1. The highest BCUT2D eigenvalue weighted by Crippen LogP contribution is 2.34. The SMILES string of the molecule is CC.CCSNc1ccc(-c2c(C#N)c3cc(F)ccc3n2CC)cc1. The first-order valence-electron chi connectivity index (χ1n) is 8.89. The Balaban J connectivity index is 0.00000117. The van der Waals surface area contributed by atoms with Gasteiger partial charge in [0.2, 0.25) is 0 Å². The second-order valence-electron chi connectivity index (χ2n) is 5.35. The number of nitriles is 1. The smallest absolute Gasteiger partial charge is 0.124 e. The summed E-state index contributed by atoms with van der Waals surface area (Å²) in [5, 5.41) is 10.3. The maximum Gasteiger partial charge on any atom is 0.124 e. The van der Waals surface area contributed by atoms with Crippen LogP contribution in [0.5, 0.6) is 0 Å². The van der Waals surface area contributed by atoms with Crippen molar-refractivity contribution in [2.75, 3.05) is 10.5 Å². The number of nitrogens with one attached hydrogen (secondary N) is 1. The van der Waals surface area contributed by atoms with Gasteiger partial charge in [-0.05, 0) is 42.8 Å². The van der Waals surface area contributed by atoms with Crippen molar-refractivity contribution < 1.29 is 4.39 Å². The van der Waals surface area contributed by atoms with E-state index >= 15 is 0 Å². The van der Waals surface area contributed by atoms with E-state index in [1.54, 1.807) is 18.0 Å². The zero-order valence-electron chi connectivity index (χ0n) is 15.6. The lowest BCUT2D eigenvalue weighted by molar-refractivity contribution is 0.629. The fourth-order valence-electron chi connectivity index (χ4n) is 2.92. The molecule has 0 aliphatic carbocycles. The molecule has 0 radical (unpaired) electrons. The van der Waals surface area contributed by atoms with Crippen molar-refractivity contribution in [2.45, 2.75) is 34.2 Å². The van der Waals surface area contributed by atoms with Gasteiger partial charge in [0.05, 0.1) is 16.8 Å². The summed E-state index contributed by atoms with van der Waals surface area (Å²) in [6.07, 6.45) is 0. The molecule has 0 bridgehead atoms. The van der Waals surface area contributed by atoms with Gasteiger partial charge in [-0.25, -0.2) is 4.39 Å². The summed E-state index contributed by atoms with van der Waals surface area (Å²) < 4.78 is 19.0. The molecule has 0 saturated heterocycles. The van der Waals surface area contributed by atoms with Crippen LogP contribution in [0.2, 0.25) is 0 Å². The first-order chi connectivity index (χ1) is 12.7. The fourth-order valence-corrected chi connectivity index (χ4v) is 3.37. The summed E-state index contributed by atoms with van der Waals surface area (Å²) in [6, 6.07) is 14.9. The molecule has 0 amide bonds. The Morgan fingerprint density at radius 3 is 2.38 bits per heavy atom. The Bertz CT molecular complexity index is 908. The zero-order valence-corrected chi connectivity index (χ0v) is 16.5.